The molecular weight excluding hydrogens is 212 g/mol. The van der Waals surface area contributed by atoms with Gasteiger partial charge in [0.15, 0.2) is 0 Å². The predicted molar refractivity (Wildman–Crippen MR) is 72.6 cm³/mol. The van der Waals surface area contributed by atoms with E-state index in [4.69, 9.17) is 4.74 Å². The van der Waals surface area contributed by atoms with Gasteiger partial charge in [-0.1, -0.05) is 45.1 Å². The van der Waals surface area contributed by atoms with Gasteiger partial charge in [0, 0.05) is 0 Å². The summed E-state index contributed by atoms with van der Waals surface area (Å²) in [5, 5.41) is 0. The number of unbranched alkanes of at least 4 members (excludes halogenated alkanes) is 4. The van der Waals surface area contributed by atoms with E-state index in [1.54, 1.807) is 0 Å². The van der Waals surface area contributed by atoms with Crippen molar-refractivity contribution in [3.8, 4) is 0 Å². The topological polar surface area (TPSA) is 26.3 Å². The Hall–Kier alpha value is -0.790. The molecule has 17 heavy (non-hydrogen) atoms. The molecule has 0 aliphatic carbocycles. The van der Waals surface area contributed by atoms with E-state index in [0.29, 0.717) is 6.47 Å². The molecule has 0 heterocycles. The molecule has 1 unspecified atom stereocenters. The van der Waals surface area contributed by atoms with Crippen molar-refractivity contribution in [3.05, 3.63) is 19.6 Å². The van der Waals surface area contributed by atoms with Crippen molar-refractivity contribution in [1.82, 2.24) is 0 Å². The fourth-order valence-electron chi connectivity index (χ4n) is 1.94. The third-order valence-electron chi connectivity index (χ3n) is 3.04. The third kappa shape index (κ3) is 11.5. The van der Waals surface area contributed by atoms with E-state index in [2.05, 4.69) is 20.4 Å². The highest BCUT2D eigenvalue weighted by molar-refractivity contribution is 5.37. The SMILES string of the molecule is [CH2][C@H](CCCCCCCC(C)CC=C)OC=O. The van der Waals surface area contributed by atoms with Crippen LogP contribution in [0.25, 0.3) is 0 Å². The van der Waals surface area contributed by atoms with Crippen molar-refractivity contribution in [2.45, 2.75) is 64.4 Å². The molecule has 0 aromatic rings. The van der Waals surface area contributed by atoms with E-state index >= 15 is 0 Å². The molecule has 0 N–H and O–H groups in total. The standard InChI is InChI=1S/C15H27O2/c1-4-10-14(2)11-8-6-5-7-9-12-15(3)17-13-16/h4,13-15H,1,3,5-12H2,2H3/t14?,15-/m1/s1. The molecule has 0 aromatic carbocycles. The average Bonchev–Trinajstić information content (AvgIpc) is 2.28. The number of hydrogen-bond donors (Lipinski definition) is 0. The first-order valence-electron chi connectivity index (χ1n) is 6.73. The maximum Gasteiger partial charge on any atom is 0.293 e. The summed E-state index contributed by atoms with van der Waals surface area (Å²) in [7, 11) is 0. The predicted octanol–water partition coefficient (Wildman–Crippen LogP) is 4.30. The summed E-state index contributed by atoms with van der Waals surface area (Å²) >= 11 is 0. The van der Waals surface area contributed by atoms with Crippen LogP contribution in [0.4, 0.5) is 0 Å². The highest BCUT2D eigenvalue weighted by atomic mass is 16.5. The maximum atomic E-state index is 10.0. The molecule has 0 fully saturated rings. The smallest absolute Gasteiger partial charge is 0.293 e. The number of allylic oxidation sites excluding steroid dienone is 1. The number of hydrogen-bond acceptors (Lipinski definition) is 2. The zero-order valence-corrected chi connectivity index (χ0v) is 11.2. The van der Waals surface area contributed by atoms with Gasteiger partial charge in [-0.15, -0.1) is 6.58 Å². The first-order chi connectivity index (χ1) is 8.20. The fourth-order valence-corrected chi connectivity index (χ4v) is 1.94. The molecule has 0 aliphatic rings. The van der Waals surface area contributed by atoms with Crippen LogP contribution in [0.2, 0.25) is 0 Å². The van der Waals surface area contributed by atoms with Crippen LogP contribution >= 0.6 is 0 Å². The molecule has 0 amide bonds. The van der Waals surface area contributed by atoms with Gasteiger partial charge in [0.1, 0.15) is 6.10 Å². The summed E-state index contributed by atoms with van der Waals surface area (Å²) in [4.78, 5) is 10.0. The first kappa shape index (κ1) is 16.2. The van der Waals surface area contributed by atoms with Crippen molar-refractivity contribution < 1.29 is 9.53 Å². The quantitative estimate of drug-likeness (QED) is 0.288. The van der Waals surface area contributed by atoms with Gasteiger partial charge in [0.2, 0.25) is 0 Å². The van der Waals surface area contributed by atoms with E-state index in [9.17, 15) is 4.79 Å². The Morgan fingerprint density at radius 2 is 1.71 bits per heavy atom. The van der Waals surface area contributed by atoms with Gasteiger partial charge in [-0.2, -0.15) is 0 Å². The molecule has 0 aliphatic heterocycles. The molecule has 0 aromatic heterocycles. The van der Waals surface area contributed by atoms with Gasteiger partial charge >= 0.3 is 0 Å². The summed E-state index contributed by atoms with van der Waals surface area (Å²) in [5.74, 6) is 0.776. The second-order valence-corrected chi connectivity index (χ2v) is 4.83. The lowest BCUT2D eigenvalue weighted by atomic mass is 9.99. The van der Waals surface area contributed by atoms with Crippen molar-refractivity contribution in [3.63, 3.8) is 0 Å². The van der Waals surface area contributed by atoms with Crippen LogP contribution in [-0.4, -0.2) is 12.6 Å². The molecular formula is C15H27O2. The lowest BCUT2D eigenvalue weighted by Crippen LogP contribution is -2.06. The lowest BCUT2D eigenvalue weighted by Gasteiger charge is -2.09. The van der Waals surface area contributed by atoms with Crippen LogP contribution in [-0.2, 0) is 9.53 Å². The summed E-state index contributed by atoms with van der Waals surface area (Å²) in [5.41, 5.74) is 0. The second-order valence-electron chi connectivity index (χ2n) is 4.83. The zero-order valence-electron chi connectivity index (χ0n) is 11.2. The second kappa shape index (κ2) is 11.7. The van der Waals surface area contributed by atoms with Crippen LogP contribution in [0.5, 0.6) is 0 Å². The molecule has 2 nitrogen and oxygen atoms in total. The van der Waals surface area contributed by atoms with Gasteiger partial charge in [-0.3, -0.25) is 4.79 Å². The van der Waals surface area contributed by atoms with Gasteiger partial charge in [0.05, 0.1) is 0 Å². The Morgan fingerprint density at radius 3 is 2.29 bits per heavy atom. The monoisotopic (exact) mass is 239 g/mol. The minimum atomic E-state index is -0.167. The van der Waals surface area contributed by atoms with Gasteiger partial charge in [-0.05, 0) is 32.1 Å². The Balaban J connectivity index is 3.18. The Morgan fingerprint density at radius 1 is 1.12 bits per heavy atom. The molecule has 2 heteroatoms. The average molecular weight is 239 g/mol. The normalized spacial score (nSPS) is 14.0. The van der Waals surface area contributed by atoms with Gasteiger partial charge < -0.3 is 4.74 Å². The zero-order chi connectivity index (χ0) is 12.9. The van der Waals surface area contributed by atoms with Crippen molar-refractivity contribution in [2.24, 2.45) is 5.92 Å². The number of ether oxygens (including phenoxy) is 1. The summed E-state index contributed by atoms with van der Waals surface area (Å²) in [6, 6.07) is 0. The molecule has 0 saturated carbocycles. The van der Waals surface area contributed by atoms with Crippen molar-refractivity contribution in [2.75, 3.05) is 0 Å². The number of carbonyl (C=O) groups is 1. The fraction of sp³-hybridized carbons (Fsp3) is 0.733. The van der Waals surface area contributed by atoms with Crippen LogP contribution in [0.1, 0.15) is 58.3 Å². The molecule has 1 radical (unpaired) electrons. The molecule has 0 saturated heterocycles. The summed E-state index contributed by atoms with van der Waals surface area (Å²) < 4.78 is 4.73. The first-order valence-corrected chi connectivity index (χ1v) is 6.73. The Kier molecular flexibility index (Phi) is 11.1. The van der Waals surface area contributed by atoms with E-state index in [-0.39, 0.29) is 6.10 Å². The largest absolute Gasteiger partial charge is 0.465 e. The number of carbonyl (C=O) groups excluding carboxylic acids is 1. The Bertz CT molecular complexity index is 169. The maximum absolute atomic E-state index is 10.0. The molecule has 0 spiro atoms. The van der Waals surface area contributed by atoms with Crippen LogP contribution in [0, 0.1) is 12.8 Å². The molecule has 99 valence electrons. The minimum Gasteiger partial charge on any atom is -0.465 e. The summed E-state index contributed by atoms with van der Waals surface area (Å²) in [6.07, 6.45) is 11.4. The third-order valence-corrected chi connectivity index (χ3v) is 3.04. The van der Waals surface area contributed by atoms with Gasteiger partial charge in [0.25, 0.3) is 6.47 Å². The van der Waals surface area contributed by atoms with Crippen molar-refractivity contribution in [1.29, 1.82) is 0 Å². The molecule has 0 bridgehead atoms. The Labute approximate surface area is 106 Å². The van der Waals surface area contributed by atoms with Gasteiger partial charge in [-0.25, -0.2) is 0 Å². The highest BCUT2D eigenvalue weighted by Crippen LogP contribution is 2.15. The highest BCUT2D eigenvalue weighted by Gasteiger charge is 2.02. The molecule has 0 rings (SSSR count). The van der Waals surface area contributed by atoms with E-state index in [1.807, 2.05) is 6.08 Å². The lowest BCUT2D eigenvalue weighted by molar-refractivity contribution is -0.131. The van der Waals surface area contributed by atoms with Crippen LogP contribution in [0.3, 0.4) is 0 Å². The van der Waals surface area contributed by atoms with Crippen molar-refractivity contribution >= 4 is 6.47 Å². The molecule has 2 atom stereocenters. The van der Waals surface area contributed by atoms with E-state index in [1.165, 1.54) is 32.1 Å². The van der Waals surface area contributed by atoms with Crippen LogP contribution in [0.15, 0.2) is 12.7 Å². The summed E-state index contributed by atoms with van der Waals surface area (Å²) in [6.45, 7) is 10.3. The van der Waals surface area contributed by atoms with Crippen LogP contribution < -0.4 is 0 Å². The van der Waals surface area contributed by atoms with E-state index < -0.39 is 0 Å². The minimum absolute atomic E-state index is 0.167. The number of rotatable bonds is 12. The van der Waals surface area contributed by atoms with E-state index in [0.717, 1.165) is 25.2 Å².